The minimum atomic E-state index is -0.384. The molecule has 2 aromatic carbocycles. The van der Waals surface area contributed by atoms with Crippen LogP contribution in [0.2, 0.25) is 0 Å². The van der Waals surface area contributed by atoms with E-state index in [-0.39, 0.29) is 6.04 Å². The fourth-order valence-corrected chi connectivity index (χ4v) is 2.26. The van der Waals surface area contributed by atoms with Gasteiger partial charge in [-0.15, -0.1) is 10.2 Å². The third-order valence-corrected chi connectivity index (χ3v) is 3.35. The van der Waals surface area contributed by atoms with E-state index in [1.807, 2.05) is 42.5 Å². The van der Waals surface area contributed by atoms with Crippen LogP contribution in [0.3, 0.4) is 0 Å². The lowest BCUT2D eigenvalue weighted by molar-refractivity contribution is 0.441. The second-order valence-corrected chi connectivity index (χ2v) is 5.09. The smallest absolute Gasteiger partial charge is 0.237 e. The summed E-state index contributed by atoms with van der Waals surface area (Å²) in [6.07, 6.45) is 0.621. The van der Waals surface area contributed by atoms with Crippen molar-refractivity contribution in [1.82, 2.24) is 10.2 Å². The quantitative estimate of drug-likeness (QED) is 0.797. The third-order valence-electron chi connectivity index (χ3n) is 3.35. The van der Waals surface area contributed by atoms with E-state index in [1.54, 1.807) is 0 Å². The lowest BCUT2D eigenvalue weighted by Crippen LogP contribution is -2.11. The molecule has 0 bridgehead atoms. The number of benzene rings is 2. The molecule has 0 saturated heterocycles. The van der Waals surface area contributed by atoms with Crippen LogP contribution in [0.5, 0.6) is 0 Å². The minimum absolute atomic E-state index is 0.384. The number of hydrogen-bond acceptors (Lipinski definition) is 4. The molecule has 1 unspecified atom stereocenters. The molecule has 0 aliphatic rings. The molecule has 1 heterocycles. The van der Waals surface area contributed by atoms with Crippen molar-refractivity contribution in [2.75, 3.05) is 0 Å². The number of rotatable bonds is 4. The van der Waals surface area contributed by atoms with Crippen LogP contribution in [-0.4, -0.2) is 10.2 Å². The van der Waals surface area contributed by atoms with Gasteiger partial charge in [-0.1, -0.05) is 60.2 Å². The van der Waals surface area contributed by atoms with E-state index < -0.39 is 0 Å². The van der Waals surface area contributed by atoms with E-state index in [2.05, 4.69) is 29.3 Å². The number of nitrogens with two attached hydrogens (primary N) is 1. The van der Waals surface area contributed by atoms with Crippen molar-refractivity contribution in [3.63, 3.8) is 0 Å². The van der Waals surface area contributed by atoms with Crippen LogP contribution in [0.25, 0.3) is 0 Å². The van der Waals surface area contributed by atoms with Crippen molar-refractivity contribution in [2.24, 2.45) is 5.73 Å². The maximum atomic E-state index is 6.15. The van der Waals surface area contributed by atoms with Gasteiger partial charge in [-0.25, -0.2) is 0 Å². The molecule has 0 fully saturated rings. The molecule has 0 aliphatic heterocycles. The van der Waals surface area contributed by atoms with Crippen molar-refractivity contribution in [3.05, 3.63) is 83.1 Å². The first-order chi connectivity index (χ1) is 10.2. The van der Waals surface area contributed by atoms with Crippen LogP contribution in [0, 0.1) is 6.92 Å². The maximum absolute atomic E-state index is 6.15. The van der Waals surface area contributed by atoms with E-state index >= 15 is 0 Å². The Kier molecular flexibility index (Phi) is 3.79. The molecule has 3 rings (SSSR count). The van der Waals surface area contributed by atoms with E-state index in [0.717, 1.165) is 11.1 Å². The van der Waals surface area contributed by atoms with Gasteiger partial charge in [-0.05, 0) is 18.1 Å². The molecule has 2 N–H and O–H groups in total. The van der Waals surface area contributed by atoms with E-state index in [4.69, 9.17) is 10.2 Å². The van der Waals surface area contributed by atoms with Crippen LogP contribution in [-0.2, 0) is 6.42 Å². The second-order valence-electron chi connectivity index (χ2n) is 5.09. The number of nitrogens with zero attached hydrogens (tertiary/aromatic N) is 2. The van der Waals surface area contributed by atoms with Crippen LogP contribution < -0.4 is 5.73 Å². The Hall–Kier alpha value is -2.46. The maximum Gasteiger partial charge on any atom is 0.237 e. The Morgan fingerprint density at radius 2 is 1.86 bits per heavy atom. The van der Waals surface area contributed by atoms with Gasteiger partial charge >= 0.3 is 0 Å². The molecule has 0 aliphatic carbocycles. The van der Waals surface area contributed by atoms with Gasteiger partial charge < -0.3 is 10.2 Å². The Morgan fingerprint density at radius 3 is 2.62 bits per heavy atom. The number of aromatic nitrogens is 2. The van der Waals surface area contributed by atoms with Crippen LogP contribution in [0.1, 0.15) is 34.5 Å². The summed E-state index contributed by atoms with van der Waals surface area (Å²) in [5, 5.41) is 8.16. The average molecular weight is 279 g/mol. The molecule has 0 radical (unpaired) electrons. The van der Waals surface area contributed by atoms with Crippen LogP contribution in [0.15, 0.2) is 59.0 Å². The number of aryl methyl sites for hydroxylation is 1. The summed E-state index contributed by atoms with van der Waals surface area (Å²) in [7, 11) is 0. The summed E-state index contributed by atoms with van der Waals surface area (Å²) in [6, 6.07) is 17.6. The fraction of sp³-hybridized carbons (Fsp3) is 0.176. The van der Waals surface area contributed by atoms with Crippen LogP contribution >= 0.6 is 0 Å². The number of hydrogen-bond donors (Lipinski definition) is 1. The summed E-state index contributed by atoms with van der Waals surface area (Å²) >= 11 is 0. The third kappa shape index (κ3) is 3.17. The Balaban J connectivity index is 1.77. The minimum Gasteiger partial charge on any atom is -0.423 e. The molecule has 0 amide bonds. The molecular weight excluding hydrogens is 262 g/mol. The van der Waals surface area contributed by atoms with Gasteiger partial charge in [-0.3, -0.25) is 0 Å². The highest BCUT2D eigenvalue weighted by Gasteiger charge is 2.16. The summed E-state index contributed by atoms with van der Waals surface area (Å²) in [5.41, 5.74) is 9.48. The van der Waals surface area contributed by atoms with Crippen molar-refractivity contribution in [2.45, 2.75) is 19.4 Å². The molecule has 4 nitrogen and oxygen atoms in total. The monoisotopic (exact) mass is 279 g/mol. The summed E-state index contributed by atoms with van der Waals surface area (Å²) in [6.45, 7) is 2.06. The van der Waals surface area contributed by atoms with Crippen LogP contribution in [0.4, 0.5) is 0 Å². The SMILES string of the molecule is Cc1cccc(Cc2nnc(C(N)c3ccccc3)o2)c1. The average Bonchev–Trinajstić information content (AvgIpc) is 2.96. The topological polar surface area (TPSA) is 64.9 Å². The summed E-state index contributed by atoms with van der Waals surface area (Å²) < 4.78 is 5.70. The molecule has 4 heteroatoms. The Morgan fingerprint density at radius 1 is 1.05 bits per heavy atom. The molecule has 1 atom stereocenters. The van der Waals surface area contributed by atoms with E-state index in [1.165, 1.54) is 5.56 Å². The highest BCUT2D eigenvalue weighted by atomic mass is 16.4. The standard InChI is InChI=1S/C17H17N3O/c1-12-6-5-7-13(10-12)11-15-19-20-17(21-15)16(18)14-8-3-2-4-9-14/h2-10,16H,11,18H2,1H3. The molecule has 3 aromatic rings. The highest BCUT2D eigenvalue weighted by molar-refractivity contribution is 5.25. The molecule has 21 heavy (non-hydrogen) atoms. The predicted molar refractivity (Wildman–Crippen MR) is 80.8 cm³/mol. The van der Waals surface area contributed by atoms with Gasteiger partial charge in [0.05, 0.1) is 6.42 Å². The first-order valence-corrected chi connectivity index (χ1v) is 6.91. The largest absolute Gasteiger partial charge is 0.423 e. The molecular formula is C17H17N3O. The first kappa shape index (κ1) is 13.5. The molecule has 0 saturated carbocycles. The van der Waals surface area contributed by atoms with Gasteiger partial charge in [0.1, 0.15) is 6.04 Å². The molecule has 0 spiro atoms. The first-order valence-electron chi connectivity index (χ1n) is 6.91. The van der Waals surface area contributed by atoms with Gasteiger partial charge in [0, 0.05) is 0 Å². The van der Waals surface area contributed by atoms with E-state index in [0.29, 0.717) is 18.2 Å². The van der Waals surface area contributed by atoms with Crippen molar-refractivity contribution in [3.8, 4) is 0 Å². The molecule has 1 aromatic heterocycles. The zero-order chi connectivity index (χ0) is 14.7. The second kappa shape index (κ2) is 5.89. The Labute approximate surface area is 123 Å². The van der Waals surface area contributed by atoms with Gasteiger partial charge in [0.25, 0.3) is 0 Å². The Bertz CT molecular complexity index is 722. The fourth-order valence-electron chi connectivity index (χ4n) is 2.26. The van der Waals surface area contributed by atoms with Gasteiger partial charge in [-0.2, -0.15) is 0 Å². The van der Waals surface area contributed by atoms with Gasteiger partial charge in [0.2, 0.25) is 11.8 Å². The van der Waals surface area contributed by atoms with E-state index in [9.17, 15) is 0 Å². The van der Waals surface area contributed by atoms with Gasteiger partial charge in [0.15, 0.2) is 0 Å². The lowest BCUT2D eigenvalue weighted by Gasteiger charge is -2.06. The normalized spacial score (nSPS) is 12.3. The summed E-state index contributed by atoms with van der Waals surface area (Å²) in [5.74, 6) is 1.03. The predicted octanol–water partition coefficient (Wildman–Crippen LogP) is 3.02. The zero-order valence-corrected chi connectivity index (χ0v) is 11.9. The van der Waals surface area contributed by atoms with Crippen molar-refractivity contribution < 1.29 is 4.42 Å². The molecule has 106 valence electrons. The lowest BCUT2D eigenvalue weighted by atomic mass is 10.1. The summed E-state index contributed by atoms with van der Waals surface area (Å²) in [4.78, 5) is 0. The highest BCUT2D eigenvalue weighted by Crippen LogP contribution is 2.19. The zero-order valence-electron chi connectivity index (χ0n) is 11.9. The van der Waals surface area contributed by atoms with Crippen molar-refractivity contribution >= 4 is 0 Å². The van der Waals surface area contributed by atoms with Crippen molar-refractivity contribution in [1.29, 1.82) is 0 Å².